The first-order valence-corrected chi connectivity index (χ1v) is 6.00. The van der Waals surface area contributed by atoms with Crippen LogP contribution in [0, 0.1) is 0 Å². The van der Waals surface area contributed by atoms with Crippen molar-refractivity contribution < 1.29 is 0 Å². The second-order valence-electron chi connectivity index (χ2n) is 2.93. The molecule has 0 atom stereocenters. The first kappa shape index (κ1) is 11.6. The molecule has 1 heterocycles. The molecule has 5 heteroatoms. The minimum atomic E-state index is 0.361. The maximum atomic E-state index is 5.94. The molecule has 0 spiro atoms. The topological polar surface area (TPSA) is 51.8 Å². The summed E-state index contributed by atoms with van der Waals surface area (Å²) in [6.07, 6.45) is 5.09. The average Bonchev–Trinajstić information content (AvgIpc) is 2.19. The van der Waals surface area contributed by atoms with Crippen molar-refractivity contribution in [2.75, 3.05) is 11.5 Å². The van der Waals surface area contributed by atoms with Crippen LogP contribution in [0.25, 0.3) is 0 Å². The highest BCUT2D eigenvalue weighted by molar-refractivity contribution is 7.99. The number of rotatable bonds is 5. The molecule has 1 aromatic rings. The van der Waals surface area contributed by atoms with E-state index in [1.165, 1.54) is 25.6 Å². The van der Waals surface area contributed by atoms with E-state index in [9.17, 15) is 0 Å². The number of unbranched alkanes of at least 4 members (excludes halogenated alkanes) is 2. The van der Waals surface area contributed by atoms with Crippen molar-refractivity contribution in [2.24, 2.45) is 0 Å². The van der Waals surface area contributed by atoms with E-state index in [0.29, 0.717) is 10.8 Å². The lowest BCUT2D eigenvalue weighted by atomic mass is 10.3. The lowest BCUT2D eigenvalue weighted by Gasteiger charge is -2.03. The fourth-order valence-electron chi connectivity index (χ4n) is 0.988. The molecule has 1 rings (SSSR count). The minimum Gasteiger partial charge on any atom is -0.382 e. The van der Waals surface area contributed by atoms with Crippen LogP contribution in [0.2, 0.25) is 5.02 Å². The summed E-state index contributed by atoms with van der Waals surface area (Å²) >= 11 is 7.57. The molecule has 0 bridgehead atoms. The number of hydrogen-bond donors (Lipinski definition) is 1. The number of halogens is 1. The summed E-state index contributed by atoms with van der Waals surface area (Å²) in [5, 5.41) is 1.27. The molecule has 0 unspecified atom stereocenters. The second kappa shape index (κ2) is 6.09. The standard InChI is InChI=1S/C9H14ClN3S/c1-2-3-4-5-14-9-7(10)8(11)12-6-13-9/h6H,2-5H2,1H3,(H2,11,12,13). The molecule has 0 saturated heterocycles. The Hall–Kier alpha value is -0.480. The zero-order valence-corrected chi connectivity index (χ0v) is 9.74. The SMILES string of the molecule is CCCCCSc1ncnc(N)c1Cl. The van der Waals surface area contributed by atoms with Crippen molar-refractivity contribution in [3.8, 4) is 0 Å². The van der Waals surface area contributed by atoms with Gasteiger partial charge >= 0.3 is 0 Å². The lowest BCUT2D eigenvalue weighted by Crippen LogP contribution is -1.94. The van der Waals surface area contributed by atoms with Gasteiger partial charge < -0.3 is 5.73 Å². The lowest BCUT2D eigenvalue weighted by molar-refractivity contribution is 0.778. The van der Waals surface area contributed by atoms with Gasteiger partial charge in [0.15, 0.2) is 0 Å². The largest absolute Gasteiger partial charge is 0.382 e. The monoisotopic (exact) mass is 231 g/mol. The molecule has 0 fully saturated rings. The summed E-state index contributed by atoms with van der Waals surface area (Å²) in [5.41, 5.74) is 5.55. The predicted octanol–water partition coefficient (Wildman–Crippen LogP) is 2.99. The van der Waals surface area contributed by atoms with Crippen molar-refractivity contribution in [3.63, 3.8) is 0 Å². The molecule has 0 amide bonds. The number of aromatic nitrogens is 2. The van der Waals surface area contributed by atoms with Crippen LogP contribution in [0.4, 0.5) is 5.82 Å². The quantitative estimate of drug-likeness (QED) is 0.481. The Kier molecular flexibility index (Phi) is 5.04. The molecule has 78 valence electrons. The van der Waals surface area contributed by atoms with Crippen molar-refractivity contribution >= 4 is 29.2 Å². The molecule has 0 aliphatic heterocycles. The maximum Gasteiger partial charge on any atom is 0.146 e. The van der Waals surface area contributed by atoms with E-state index in [2.05, 4.69) is 16.9 Å². The van der Waals surface area contributed by atoms with Gasteiger partial charge in [-0.25, -0.2) is 9.97 Å². The Morgan fingerprint density at radius 3 is 2.93 bits per heavy atom. The third-order valence-electron chi connectivity index (χ3n) is 1.77. The van der Waals surface area contributed by atoms with Gasteiger partial charge in [0.25, 0.3) is 0 Å². The predicted molar refractivity (Wildman–Crippen MR) is 61.7 cm³/mol. The van der Waals surface area contributed by atoms with E-state index < -0.39 is 0 Å². The van der Waals surface area contributed by atoms with Gasteiger partial charge in [-0.1, -0.05) is 31.4 Å². The summed E-state index contributed by atoms with van der Waals surface area (Å²) in [4.78, 5) is 7.88. The van der Waals surface area contributed by atoms with Crippen LogP contribution in [0.5, 0.6) is 0 Å². The van der Waals surface area contributed by atoms with Crippen molar-refractivity contribution in [2.45, 2.75) is 31.2 Å². The molecule has 14 heavy (non-hydrogen) atoms. The highest BCUT2D eigenvalue weighted by Gasteiger charge is 2.05. The first-order valence-electron chi connectivity index (χ1n) is 4.64. The van der Waals surface area contributed by atoms with Crippen molar-refractivity contribution in [1.29, 1.82) is 0 Å². The van der Waals surface area contributed by atoms with E-state index in [1.54, 1.807) is 11.8 Å². The molecule has 1 aromatic heterocycles. The van der Waals surface area contributed by atoms with Crippen LogP contribution in [0.3, 0.4) is 0 Å². The fraction of sp³-hybridized carbons (Fsp3) is 0.556. The van der Waals surface area contributed by atoms with E-state index in [-0.39, 0.29) is 0 Å². The second-order valence-corrected chi connectivity index (χ2v) is 4.40. The van der Waals surface area contributed by atoms with Gasteiger partial charge in [-0.15, -0.1) is 11.8 Å². The summed E-state index contributed by atoms with van der Waals surface area (Å²) in [6, 6.07) is 0. The molecular formula is C9H14ClN3S. The zero-order chi connectivity index (χ0) is 10.4. The van der Waals surface area contributed by atoms with Crippen LogP contribution in [-0.2, 0) is 0 Å². The summed E-state index contributed by atoms with van der Waals surface area (Å²) in [5.74, 6) is 1.39. The number of nitrogens with zero attached hydrogens (tertiary/aromatic N) is 2. The van der Waals surface area contributed by atoms with Gasteiger partial charge in [0.2, 0.25) is 0 Å². The first-order chi connectivity index (χ1) is 6.75. The number of hydrogen-bond acceptors (Lipinski definition) is 4. The van der Waals surface area contributed by atoms with E-state index in [4.69, 9.17) is 17.3 Å². The third kappa shape index (κ3) is 3.35. The molecule has 0 aliphatic carbocycles. The third-order valence-corrected chi connectivity index (χ3v) is 3.33. The number of thioether (sulfide) groups is 1. The maximum absolute atomic E-state index is 5.94. The Bertz CT molecular complexity index is 293. The van der Waals surface area contributed by atoms with Crippen LogP contribution < -0.4 is 5.73 Å². The fourth-order valence-corrected chi connectivity index (χ4v) is 2.14. The molecule has 0 aliphatic rings. The Morgan fingerprint density at radius 1 is 1.43 bits per heavy atom. The van der Waals surface area contributed by atoms with E-state index in [1.807, 2.05) is 0 Å². The van der Waals surface area contributed by atoms with Crippen LogP contribution in [0.1, 0.15) is 26.2 Å². The molecule has 0 radical (unpaired) electrons. The molecule has 0 saturated carbocycles. The minimum absolute atomic E-state index is 0.361. The number of anilines is 1. The van der Waals surface area contributed by atoms with Crippen LogP contribution in [-0.4, -0.2) is 15.7 Å². The number of nitrogen functional groups attached to an aromatic ring is 1. The Balaban J connectivity index is 2.46. The van der Waals surface area contributed by atoms with Crippen molar-refractivity contribution in [3.05, 3.63) is 11.3 Å². The smallest absolute Gasteiger partial charge is 0.146 e. The van der Waals surface area contributed by atoms with Crippen LogP contribution >= 0.6 is 23.4 Å². The highest BCUT2D eigenvalue weighted by atomic mass is 35.5. The van der Waals surface area contributed by atoms with Gasteiger partial charge in [-0.3, -0.25) is 0 Å². The molecule has 0 aromatic carbocycles. The number of nitrogens with two attached hydrogens (primary N) is 1. The van der Waals surface area contributed by atoms with E-state index >= 15 is 0 Å². The Morgan fingerprint density at radius 2 is 2.21 bits per heavy atom. The van der Waals surface area contributed by atoms with Gasteiger partial charge in [0.05, 0.1) is 0 Å². The summed E-state index contributed by atoms with van der Waals surface area (Å²) in [7, 11) is 0. The van der Waals surface area contributed by atoms with Gasteiger partial charge in [-0.05, 0) is 12.2 Å². The average molecular weight is 232 g/mol. The zero-order valence-electron chi connectivity index (χ0n) is 8.16. The van der Waals surface area contributed by atoms with Gasteiger partial charge in [0, 0.05) is 0 Å². The molecular weight excluding hydrogens is 218 g/mol. The summed E-state index contributed by atoms with van der Waals surface area (Å²) in [6.45, 7) is 2.18. The van der Waals surface area contributed by atoms with Crippen molar-refractivity contribution in [1.82, 2.24) is 9.97 Å². The summed E-state index contributed by atoms with van der Waals surface area (Å²) < 4.78 is 0. The molecule has 3 nitrogen and oxygen atoms in total. The van der Waals surface area contributed by atoms with E-state index in [0.717, 1.165) is 10.8 Å². The van der Waals surface area contributed by atoms with Gasteiger partial charge in [0.1, 0.15) is 22.2 Å². The highest BCUT2D eigenvalue weighted by Crippen LogP contribution is 2.28. The molecule has 2 N–H and O–H groups in total. The Labute approximate surface area is 93.5 Å². The van der Waals surface area contributed by atoms with Gasteiger partial charge in [-0.2, -0.15) is 0 Å². The van der Waals surface area contributed by atoms with Crippen LogP contribution in [0.15, 0.2) is 11.4 Å². The normalized spacial score (nSPS) is 10.4.